The highest BCUT2D eigenvalue weighted by molar-refractivity contribution is 6.35. The molecule has 2 rings (SSSR count). The van der Waals surface area contributed by atoms with Gasteiger partial charge in [0, 0.05) is 9.52 Å². The maximum atomic E-state index is 13.3. The van der Waals surface area contributed by atoms with Gasteiger partial charge < -0.3 is 0 Å². The van der Waals surface area contributed by atoms with Crippen LogP contribution in [0.5, 0.6) is 0 Å². The lowest BCUT2D eigenvalue weighted by molar-refractivity contribution is 0.344. The van der Waals surface area contributed by atoms with E-state index in [1.165, 1.54) is 43.5 Å². The molecule has 4 heteroatoms. The van der Waals surface area contributed by atoms with Gasteiger partial charge in [0.25, 0.3) is 0 Å². The van der Waals surface area contributed by atoms with E-state index >= 15 is 0 Å². The van der Waals surface area contributed by atoms with Crippen molar-refractivity contribution in [3.63, 3.8) is 0 Å². The number of benzene rings is 1. The smallest absolute Gasteiger partial charge is 0.194 e. The molecule has 1 aliphatic carbocycles. The third-order valence-electron chi connectivity index (χ3n) is 5.04. The van der Waals surface area contributed by atoms with Gasteiger partial charge in [-0.1, -0.05) is 51.1 Å². The van der Waals surface area contributed by atoms with Crippen molar-refractivity contribution in [1.82, 2.24) is 0 Å². The van der Waals surface area contributed by atoms with Gasteiger partial charge in [0.1, 0.15) is 0 Å². The van der Waals surface area contributed by atoms with E-state index in [9.17, 15) is 13.2 Å². The molecule has 1 aromatic carbocycles. The van der Waals surface area contributed by atoms with E-state index in [0.29, 0.717) is 5.56 Å². The van der Waals surface area contributed by atoms with Crippen LogP contribution < -0.4 is 0 Å². The molecule has 124 valence electrons. The number of hydrogen-bond acceptors (Lipinski definition) is 0. The molecule has 1 fully saturated rings. The fourth-order valence-electron chi connectivity index (χ4n) is 3.63. The number of unbranched alkanes of at least 4 members (excludes halogenated alkanes) is 2. The molecule has 0 unspecified atom stereocenters. The second-order valence-corrected chi connectivity index (χ2v) is 8.71. The Balaban J connectivity index is 1.77. The molecule has 0 N–H and O–H groups in total. The van der Waals surface area contributed by atoms with Crippen LogP contribution in [0.1, 0.15) is 63.4 Å². The Bertz CT molecular complexity index is 444. The summed E-state index contributed by atoms with van der Waals surface area (Å²) in [5.41, 5.74) is 0.634. The standard InChI is InChI=1S/C18H27F3Si/c1-2-3-4-9-22-12-13-5-7-14(8-6-13)15-10-16(19)18(21)17(20)11-15/h10-11,13-14H,2-9,12,22H2,1H3/t13-,14-. The molecule has 1 aromatic rings. The molecule has 0 amide bonds. The summed E-state index contributed by atoms with van der Waals surface area (Å²) < 4.78 is 39.7. The normalized spacial score (nSPS) is 22.5. The quantitative estimate of drug-likeness (QED) is 0.348. The lowest BCUT2D eigenvalue weighted by Gasteiger charge is -2.29. The summed E-state index contributed by atoms with van der Waals surface area (Å²) >= 11 is 0. The van der Waals surface area contributed by atoms with Crippen LogP contribution in [0.3, 0.4) is 0 Å². The van der Waals surface area contributed by atoms with Gasteiger partial charge in [-0.2, -0.15) is 0 Å². The zero-order chi connectivity index (χ0) is 15.9. The fourth-order valence-corrected chi connectivity index (χ4v) is 5.78. The van der Waals surface area contributed by atoms with Crippen LogP contribution in [0.4, 0.5) is 13.2 Å². The average molecular weight is 328 g/mol. The van der Waals surface area contributed by atoms with E-state index in [-0.39, 0.29) is 15.4 Å². The van der Waals surface area contributed by atoms with Crippen LogP contribution >= 0.6 is 0 Å². The van der Waals surface area contributed by atoms with E-state index in [1.807, 2.05) is 0 Å². The summed E-state index contributed by atoms with van der Waals surface area (Å²) in [6, 6.07) is 5.25. The highest BCUT2D eigenvalue weighted by Crippen LogP contribution is 2.38. The molecule has 0 radical (unpaired) electrons. The summed E-state index contributed by atoms with van der Waals surface area (Å²) in [5.74, 6) is -2.45. The topological polar surface area (TPSA) is 0 Å². The molecular formula is C18H27F3Si. The monoisotopic (exact) mass is 328 g/mol. The van der Waals surface area contributed by atoms with Crippen LogP contribution in [0.2, 0.25) is 12.1 Å². The number of rotatable bonds is 7. The first kappa shape index (κ1) is 17.6. The predicted octanol–water partition coefficient (Wildman–Crippen LogP) is 5.57. The van der Waals surface area contributed by atoms with E-state index in [1.54, 1.807) is 0 Å². The summed E-state index contributed by atoms with van der Waals surface area (Å²) in [4.78, 5) is 0. The summed E-state index contributed by atoms with van der Waals surface area (Å²) in [6.07, 6.45) is 8.34. The van der Waals surface area contributed by atoms with Crippen LogP contribution in [-0.4, -0.2) is 9.52 Å². The highest BCUT2D eigenvalue weighted by atomic mass is 28.2. The molecule has 0 spiro atoms. The molecular weight excluding hydrogens is 301 g/mol. The lowest BCUT2D eigenvalue weighted by atomic mass is 9.79. The van der Waals surface area contributed by atoms with Gasteiger partial charge in [-0.15, -0.1) is 0 Å². The molecule has 0 aliphatic heterocycles. The first-order chi connectivity index (χ1) is 10.6. The van der Waals surface area contributed by atoms with Crippen molar-refractivity contribution in [2.75, 3.05) is 0 Å². The summed E-state index contributed by atoms with van der Waals surface area (Å²) in [7, 11) is 0.0786. The minimum atomic E-state index is -1.35. The SMILES string of the molecule is CCCCC[SiH2]C[C@H]1CC[C@H](c2cc(F)c(F)c(F)c2)CC1. The van der Waals surface area contributed by atoms with Gasteiger partial charge in [-0.05, 0) is 42.4 Å². The van der Waals surface area contributed by atoms with Crippen LogP contribution in [0.15, 0.2) is 12.1 Å². The minimum Gasteiger partial charge on any atom is -0.204 e. The first-order valence-corrected chi connectivity index (χ1v) is 10.8. The molecule has 0 nitrogen and oxygen atoms in total. The van der Waals surface area contributed by atoms with E-state index < -0.39 is 17.5 Å². The maximum absolute atomic E-state index is 13.3. The Morgan fingerprint density at radius 2 is 1.64 bits per heavy atom. The molecule has 0 saturated heterocycles. The molecule has 1 saturated carbocycles. The first-order valence-electron chi connectivity index (χ1n) is 8.76. The van der Waals surface area contributed by atoms with Crippen molar-refractivity contribution < 1.29 is 13.2 Å². The second kappa shape index (κ2) is 8.75. The van der Waals surface area contributed by atoms with Crippen LogP contribution in [0.25, 0.3) is 0 Å². The Kier molecular flexibility index (Phi) is 6.99. The van der Waals surface area contributed by atoms with Gasteiger partial charge >= 0.3 is 0 Å². The molecule has 0 bridgehead atoms. The average Bonchev–Trinajstić information content (AvgIpc) is 2.52. The van der Waals surface area contributed by atoms with E-state index in [0.717, 1.165) is 31.6 Å². The summed E-state index contributed by atoms with van der Waals surface area (Å²) in [6.45, 7) is 2.24. The Morgan fingerprint density at radius 3 is 2.23 bits per heavy atom. The zero-order valence-corrected chi connectivity index (χ0v) is 14.9. The zero-order valence-electron chi connectivity index (χ0n) is 13.5. The van der Waals surface area contributed by atoms with Crippen LogP contribution in [-0.2, 0) is 0 Å². The van der Waals surface area contributed by atoms with Gasteiger partial charge in [-0.3, -0.25) is 0 Å². The van der Waals surface area contributed by atoms with Crippen molar-refractivity contribution in [3.05, 3.63) is 35.1 Å². The predicted molar refractivity (Wildman–Crippen MR) is 88.7 cm³/mol. The molecule has 22 heavy (non-hydrogen) atoms. The number of hydrogen-bond donors (Lipinski definition) is 0. The van der Waals surface area contributed by atoms with Gasteiger partial charge in [-0.25, -0.2) is 13.2 Å². The lowest BCUT2D eigenvalue weighted by Crippen LogP contribution is -2.15. The molecule has 0 atom stereocenters. The Labute approximate surface area is 134 Å². The van der Waals surface area contributed by atoms with Gasteiger partial charge in [0.15, 0.2) is 17.5 Å². The van der Waals surface area contributed by atoms with Crippen LogP contribution in [0, 0.1) is 23.4 Å². The third kappa shape index (κ3) is 4.87. The minimum absolute atomic E-state index is 0.0786. The van der Waals surface area contributed by atoms with Crippen molar-refractivity contribution in [1.29, 1.82) is 0 Å². The van der Waals surface area contributed by atoms with Crippen molar-refractivity contribution in [2.24, 2.45) is 5.92 Å². The largest absolute Gasteiger partial charge is 0.204 e. The summed E-state index contributed by atoms with van der Waals surface area (Å²) in [5, 5.41) is 0. The molecule has 1 aliphatic rings. The number of halogens is 3. The molecule has 0 aromatic heterocycles. The molecule has 0 heterocycles. The Hall–Kier alpha value is -0.773. The third-order valence-corrected chi connectivity index (χ3v) is 7.26. The van der Waals surface area contributed by atoms with Crippen molar-refractivity contribution in [2.45, 2.75) is 69.9 Å². The van der Waals surface area contributed by atoms with Gasteiger partial charge in [0.05, 0.1) is 0 Å². The van der Waals surface area contributed by atoms with Gasteiger partial charge in [0.2, 0.25) is 0 Å². The fraction of sp³-hybridized carbons (Fsp3) is 0.667. The maximum Gasteiger partial charge on any atom is 0.194 e. The second-order valence-electron chi connectivity index (χ2n) is 6.72. The van der Waals surface area contributed by atoms with E-state index in [4.69, 9.17) is 0 Å². The Morgan fingerprint density at radius 1 is 1.00 bits per heavy atom. The highest BCUT2D eigenvalue weighted by Gasteiger charge is 2.24. The van der Waals surface area contributed by atoms with Crippen molar-refractivity contribution in [3.8, 4) is 0 Å². The van der Waals surface area contributed by atoms with Crippen molar-refractivity contribution >= 4 is 9.52 Å². The van der Waals surface area contributed by atoms with E-state index in [2.05, 4.69) is 6.92 Å².